The summed E-state index contributed by atoms with van der Waals surface area (Å²) in [6, 6.07) is 12.7. The second-order valence-corrected chi connectivity index (χ2v) is 4.82. The highest BCUT2D eigenvalue weighted by molar-refractivity contribution is 6.02. The third kappa shape index (κ3) is 3.45. The third-order valence-corrected chi connectivity index (χ3v) is 3.16. The SMILES string of the molecule is CC(=NCc1ccccc1)c1cc(C)cc([N+](=O)[O-])c1O. The van der Waals surface area contributed by atoms with Crippen molar-refractivity contribution in [3.63, 3.8) is 0 Å². The number of hydrogen-bond donors (Lipinski definition) is 1. The van der Waals surface area contributed by atoms with Crippen molar-refractivity contribution in [1.29, 1.82) is 0 Å². The Morgan fingerprint density at radius 1 is 1.29 bits per heavy atom. The molecule has 0 fully saturated rings. The molecule has 0 saturated carbocycles. The Labute approximate surface area is 122 Å². The fourth-order valence-electron chi connectivity index (χ4n) is 2.05. The first-order valence-electron chi connectivity index (χ1n) is 6.52. The van der Waals surface area contributed by atoms with Crippen LogP contribution in [0.2, 0.25) is 0 Å². The molecule has 2 rings (SSSR count). The van der Waals surface area contributed by atoms with E-state index in [9.17, 15) is 15.2 Å². The lowest BCUT2D eigenvalue weighted by Gasteiger charge is -2.07. The minimum atomic E-state index is -0.587. The molecule has 0 aromatic heterocycles. The van der Waals surface area contributed by atoms with E-state index in [4.69, 9.17) is 0 Å². The van der Waals surface area contributed by atoms with Crippen LogP contribution >= 0.6 is 0 Å². The van der Waals surface area contributed by atoms with Crippen LogP contribution in [0.5, 0.6) is 5.75 Å². The minimum absolute atomic E-state index is 0.292. The Morgan fingerprint density at radius 2 is 1.95 bits per heavy atom. The zero-order valence-electron chi connectivity index (χ0n) is 11.9. The van der Waals surface area contributed by atoms with Crippen molar-refractivity contribution < 1.29 is 10.0 Å². The summed E-state index contributed by atoms with van der Waals surface area (Å²) < 4.78 is 0. The van der Waals surface area contributed by atoms with E-state index >= 15 is 0 Å². The Kier molecular flexibility index (Phi) is 4.33. The molecular weight excluding hydrogens is 268 g/mol. The number of benzene rings is 2. The Morgan fingerprint density at radius 3 is 2.57 bits per heavy atom. The molecule has 0 unspecified atom stereocenters. The summed E-state index contributed by atoms with van der Waals surface area (Å²) in [5.41, 5.74) is 2.43. The fraction of sp³-hybridized carbons (Fsp3) is 0.188. The van der Waals surface area contributed by atoms with E-state index in [-0.39, 0.29) is 11.4 Å². The molecule has 21 heavy (non-hydrogen) atoms. The van der Waals surface area contributed by atoms with Crippen molar-refractivity contribution in [1.82, 2.24) is 0 Å². The predicted molar refractivity (Wildman–Crippen MR) is 81.9 cm³/mol. The van der Waals surface area contributed by atoms with Gasteiger partial charge in [0.15, 0.2) is 0 Å². The quantitative estimate of drug-likeness (QED) is 0.529. The molecule has 5 heteroatoms. The van der Waals surface area contributed by atoms with Crippen LogP contribution in [-0.4, -0.2) is 15.7 Å². The van der Waals surface area contributed by atoms with Crippen LogP contribution in [0.3, 0.4) is 0 Å². The van der Waals surface area contributed by atoms with Crippen molar-refractivity contribution in [2.24, 2.45) is 4.99 Å². The van der Waals surface area contributed by atoms with Crippen molar-refractivity contribution in [3.05, 3.63) is 69.3 Å². The van der Waals surface area contributed by atoms with Gasteiger partial charge in [-0.2, -0.15) is 0 Å². The highest BCUT2D eigenvalue weighted by Gasteiger charge is 2.19. The van der Waals surface area contributed by atoms with Gasteiger partial charge in [-0.15, -0.1) is 0 Å². The zero-order valence-corrected chi connectivity index (χ0v) is 11.9. The van der Waals surface area contributed by atoms with Gasteiger partial charge in [0.1, 0.15) is 0 Å². The Bertz CT molecular complexity index is 694. The standard InChI is InChI=1S/C16H16N2O3/c1-11-8-14(16(19)15(9-11)18(20)21)12(2)17-10-13-6-4-3-5-7-13/h3-9,19H,10H2,1-2H3. The van der Waals surface area contributed by atoms with E-state index in [0.29, 0.717) is 23.4 Å². The lowest BCUT2D eigenvalue weighted by atomic mass is 10.0. The number of hydrogen-bond acceptors (Lipinski definition) is 4. The Hall–Kier alpha value is -2.69. The van der Waals surface area contributed by atoms with E-state index in [1.807, 2.05) is 30.3 Å². The molecule has 0 amide bonds. The topological polar surface area (TPSA) is 75.7 Å². The van der Waals surface area contributed by atoms with E-state index in [1.54, 1.807) is 19.9 Å². The second kappa shape index (κ2) is 6.17. The maximum atomic E-state index is 10.9. The molecule has 0 radical (unpaired) electrons. The molecule has 2 aromatic carbocycles. The highest BCUT2D eigenvalue weighted by Crippen LogP contribution is 2.31. The molecule has 0 saturated heterocycles. The number of aryl methyl sites for hydroxylation is 1. The van der Waals surface area contributed by atoms with Gasteiger partial charge in [-0.05, 0) is 31.0 Å². The summed E-state index contributed by atoms with van der Waals surface area (Å²) in [7, 11) is 0. The van der Waals surface area contributed by atoms with Crippen molar-refractivity contribution in [2.75, 3.05) is 0 Å². The summed E-state index contributed by atoms with van der Waals surface area (Å²) in [5.74, 6) is -0.333. The first-order valence-corrected chi connectivity index (χ1v) is 6.52. The van der Waals surface area contributed by atoms with Crippen LogP contribution in [0.15, 0.2) is 47.5 Å². The lowest BCUT2D eigenvalue weighted by molar-refractivity contribution is -0.385. The molecule has 0 bridgehead atoms. The van der Waals surface area contributed by atoms with Crippen LogP contribution in [-0.2, 0) is 6.54 Å². The molecule has 0 aliphatic rings. The molecule has 5 nitrogen and oxygen atoms in total. The number of nitro groups is 1. The molecule has 108 valence electrons. The number of phenols is 1. The zero-order chi connectivity index (χ0) is 15.4. The molecule has 0 atom stereocenters. The number of rotatable bonds is 4. The monoisotopic (exact) mass is 284 g/mol. The number of phenolic OH excluding ortho intramolecular Hbond substituents is 1. The largest absolute Gasteiger partial charge is 0.502 e. The van der Waals surface area contributed by atoms with Crippen molar-refractivity contribution >= 4 is 11.4 Å². The van der Waals surface area contributed by atoms with Gasteiger partial charge in [0.05, 0.1) is 11.5 Å². The maximum absolute atomic E-state index is 10.9. The average molecular weight is 284 g/mol. The van der Waals surface area contributed by atoms with Gasteiger partial charge in [-0.3, -0.25) is 15.1 Å². The van der Waals surface area contributed by atoms with Gasteiger partial charge in [-0.25, -0.2) is 0 Å². The van der Waals surface area contributed by atoms with Gasteiger partial charge in [0.2, 0.25) is 5.75 Å². The summed E-state index contributed by atoms with van der Waals surface area (Å²) >= 11 is 0. The van der Waals surface area contributed by atoms with Gasteiger partial charge in [0.25, 0.3) is 0 Å². The molecule has 0 spiro atoms. The number of aromatic hydroxyl groups is 1. The molecule has 0 aliphatic heterocycles. The summed E-state index contributed by atoms with van der Waals surface area (Å²) in [5, 5.41) is 21.0. The van der Waals surface area contributed by atoms with Gasteiger partial charge in [-0.1, -0.05) is 30.3 Å². The molecule has 1 N–H and O–H groups in total. The summed E-state index contributed by atoms with van der Waals surface area (Å²) in [4.78, 5) is 14.7. The molecule has 0 aliphatic carbocycles. The third-order valence-electron chi connectivity index (χ3n) is 3.16. The summed E-state index contributed by atoms with van der Waals surface area (Å²) in [6.07, 6.45) is 0. The lowest BCUT2D eigenvalue weighted by Crippen LogP contribution is -2.00. The van der Waals surface area contributed by atoms with Crippen LogP contribution in [0, 0.1) is 17.0 Å². The van der Waals surface area contributed by atoms with Crippen LogP contribution in [0.4, 0.5) is 5.69 Å². The van der Waals surface area contributed by atoms with Gasteiger partial charge in [0, 0.05) is 17.3 Å². The first-order chi connectivity index (χ1) is 9.99. The predicted octanol–water partition coefficient (Wildman–Crippen LogP) is 3.62. The number of aliphatic imine (C=N–C) groups is 1. The Balaban J connectivity index is 2.35. The molecule has 2 aromatic rings. The van der Waals surface area contributed by atoms with Gasteiger partial charge < -0.3 is 5.11 Å². The van der Waals surface area contributed by atoms with E-state index in [0.717, 1.165) is 5.56 Å². The average Bonchev–Trinajstić information content (AvgIpc) is 2.47. The van der Waals surface area contributed by atoms with Crippen molar-refractivity contribution in [2.45, 2.75) is 20.4 Å². The molecular formula is C16H16N2O3. The van der Waals surface area contributed by atoms with Crippen LogP contribution in [0.25, 0.3) is 0 Å². The summed E-state index contributed by atoms with van der Waals surface area (Å²) in [6.45, 7) is 3.95. The fourth-order valence-corrected chi connectivity index (χ4v) is 2.05. The second-order valence-electron chi connectivity index (χ2n) is 4.82. The first kappa shape index (κ1) is 14.7. The number of nitro benzene ring substituents is 1. The van der Waals surface area contributed by atoms with Crippen LogP contribution < -0.4 is 0 Å². The smallest absolute Gasteiger partial charge is 0.311 e. The van der Waals surface area contributed by atoms with E-state index in [2.05, 4.69) is 4.99 Å². The van der Waals surface area contributed by atoms with Crippen LogP contribution in [0.1, 0.15) is 23.6 Å². The highest BCUT2D eigenvalue weighted by atomic mass is 16.6. The molecule has 0 heterocycles. The van der Waals surface area contributed by atoms with E-state index < -0.39 is 4.92 Å². The minimum Gasteiger partial charge on any atom is -0.502 e. The normalized spacial score (nSPS) is 11.4. The van der Waals surface area contributed by atoms with Gasteiger partial charge >= 0.3 is 5.69 Å². The maximum Gasteiger partial charge on any atom is 0.311 e. The number of nitrogens with zero attached hydrogens (tertiary/aromatic N) is 2. The van der Waals surface area contributed by atoms with E-state index in [1.165, 1.54) is 6.07 Å². The van der Waals surface area contributed by atoms with Crippen molar-refractivity contribution in [3.8, 4) is 5.75 Å².